The van der Waals surface area contributed by atoms with Crippen molar-refractivity contribution in [3.8, 4) is 5.75 Å². The molecule has 134 valence electrons. The third-order valence-corrected chi connectivity index (χ3v) is 6.09. The van der Waals surface area contributed by atoms with Crippen LogP contribution in [0, 0.1) is 11.6 Å². The van der Waals surface area contributed by atoms with E-state index >= 15 is 0 Å². The molecule has 1 aliphatic rings. The fourth-order valence-corrected chi connectivity index (χ4v) is 4.03. The van der Waals surface area contributed by atoms with Crippen LogP contribution in [0.2, 0.25) is 0 Å². The van der Waals surface area contributed by atoms with E-state index in [-0.39, 0.29) is 31.7 Å². The molecule has 9 heteroatoms. The maximum absolute atomic E-state index is 13.4. The van der Waals surface area contributed by atoms with E-state index in [0.717, 1.165) is 18.4 Å². The first-order chi connectivity index (χ1) is 11.3. The molecule has 1 aliphatic heterocycles. The molecule has 6 nitrogen and oxygen atoms in total. The van der Waals surface area contributed by atoms with Crippen LogP contribution in [-0.4, -0.2) is 51.6 Å². The summed E-state index contributed by atoms with van der Waals surface area (Å²) < 4.78 is 54.0. The number of benzene rings is 1. The van der Waals surface area contributed by atoms with Gasteiger partial charge < -0.3 is 15.4 Å². The van der Waals surface area contributed by atoms with Crippen molar-refractivity contribution in [3.05, 3.63) is 29.8 Å². The topological polar surface area (TPSA) is 84.5 Å². The smallest absolute Gasteiger partial charge is 0.241 e. The second kappa shape index (κ2) is 7.43. The van der Waals surface area contributed by atoms with Crippen LogP contribution in [0.15, 0.2) is 18.2 Å². The molecule has 0 aromatic heterocycles. The zero-order valence-corrected chi connectivity index (χ0v) is 14.1. The molecular formula is C15H20F2N2O4S. The molecule has 1 heterocycles. The molecular weight excluding hydrogens is 342 g/mol. The lowest BCUT2D eigenvalue weighted by atomic mass is 9.96. The lowest BCUT2D eigenvalue weighted by molar-refractivity contribution is -0.124. The summed E-state index contributed by atoms with van der Waals surface area (Å²) in [5, 5.41) is 5.56. The Morgan fingerprint density at radius 1 is 1.33 bits per heavy atom. The van der Waals surface area contributed by atoms with Gasteiger partial charge in [-0.25, -0.2) is 17.2 Å². The fraction of sp³-hybridized carbons (Fsp3) is 0.533. The molecule has 0 aliphatic carbocycles. The molecule has 0 saturated carbocycles. The first-order valence-electron chi connectivity index (χ1n) is 7.53. The lowest BCUT2D eigenvalue weighted by Crippen LogP contribution is -2.57. The molecule has 0 unspecified atom stereocenters. The largest absolute Gasteiger partial charge is 0.489 e. The van der Waals surface area contributed by atoms with E-state index in [4.69, 9.17) is 4.74 Å². The van der Waals surface area contributed by atoms with Crippen molar-refractivity contribution in [3.63, 3.8) is 0 Å². The van der Waals surface area contributed by atoms with Gasteiger partial charge in [-0.3, -0.25) is 4.79 Å². The van der Waals surface area contributed by atoms with Crippen LogP contribution >= 0.6 is 0 Å². The van der Waals surface area contributed by atoms with E-state index in [9.17, 15) is 22.0 Å². The highest BCUT2D eigenvalue weighted by Gasteiger charge is 2.48. The van der Waals surface area contributed by atoms with Crippen molar-refractivity contribution in [2.45, 2.75) is 17.6 Å². The van der Waals surface area contributed by atoms with Crippen LogP contribution in [0.25, 0.3) is 0 Å². The van der Waals surface area contributed by atoms with Gasteiger partial charge in [0.2, 0.25) is 5.91 Å². The van der Waals surface area contributed by atoms with Crippen molar-refractivity contribution >= 4 is 15.7 Å². The van der Waals surface area contributed by atoms with Crippen molar-refractivity contribution in [2.75, 3.05) is 32.5 Å². The van der Waals surface area contributed by atoms with Gasteiger partial charge in [-0.2, -0.15) is 0 Å². The molecule has 1 aromatic rings. The number of carbonyl (C=O) groups excluding carboxylic acids is 1. The Labute approximate surface area is 139 Å². The van der Waals surface area contributed by atoms with Gasteiger partial charge in [0.15, 0.2) is 26.2 Å². The van der Waals surface area contributed by atoms with E-state index < -0.39 is 32.1 Å². The van der Waals surface area contributed by atoms with Crippen LogP contribution < -0.4 is 15.4 Å². The predicted molar refractivity (Wildman–Crippen MR) is 84.5 cm³/mol. The van der Waals surface area contributed by atoms with Gasteiger partial charge in [-0.15, -0.1) is 0 Å². The van der Waals surface area contributed by atoms with Crippen molar-refractivity contribution in [1.29, 1.82) is 0 Å². The maximum Gasteiger partial charge on any atom is 0.241 e. The van der Waals surface area contributed by atoms with Gasteiger partial charge in [-0.1, -0.05) is 0 Å². The third-order valence-electron chi connectivity index (χ3n) is 4.07. The molecule has 2 N–H and O–H groups in total. The van der Waals surface area contributed by atoms with E-state index in [1.807, 2.05) is 0 Å². The molecule has 0 spiro atoms. The lowest BCUT2D eigenvalue weighted by Gasteiger charge is -2.34. The SMILES string of the molecule is CS(=O)(=O)C1(C(=O)NCCOc2ccc(F)cc2F)CCNCC1. The molecule has 0 bridgehead atoms. The average molecular weight is 362 g/mol. The van der Waals surface area contributed by atoms with Gasteiger partial charge in [-0.05, 0) is 38.1 Å². The first-order valence-corrected chi connectivity index (χ1v) is 9.42. The summed E-state index contributed by atoms with van der Waals surface area (Å²) in [4.78, 5) is 12.4. The quantitative estimate of drug-likeness (QED) is 0.725. The summed E-state index contributed by atoms with van der Waals surface area (Å²) in [7, 11) is -3.58. The number of hydrogen-bond donors (Lipinski definition) is 2. The summed E-state index contributed by atoms with van der Waals surface area (Å²) in [6.07, 6.45) is 1.46. The normalized spacial score (nSPS) is 17.3. The summed E-state index contributed by atoms with van der Waals surface area (Å²) >= 11 is 0. The number of sulfone groups is 1. The highest BCUT2D eigenvalue weighted by atomic mass is 32.2. The van der Waals surface area contributed by atoms with Gasteiger partial charge in [0, 0.05) is 12.3 Å². The molecule has 1 fully saturated rings. The fourth-order valence-electron chi connectivity index (χ4n) is 2.68. The number of ether oxygens (including phenoxy) is 1. The second-order valence-electron chi connectivity index (χ2n) is 5.70. The number of nitrogens with one attached hydrogen (secondary N) is 2. The second-order valence-corrected chi connectivity index (χ2v) is 8.02. The molecule has 0 atom stereocenters. The summed E-state index contributed by atoms with van der Waals surface area (Å²) in [5.74, 6) is -2.26. The number of piperidine rings is 1. The minimum atomic E-state index is -3.58. The Kier molecular flexibility index (Phi) is 5.76. The van der Waals surface area contributed by atoms with Crippen molar-refractivity contribution < 1.29 is 26.7 Å². The van der Waals surface area contributed by atoms with E-state index in [1.54, 1.807) is 0 Å². The molecule has 0 radical (unpaired) electrons. The number of carbonyl (C=O) groups is 1. The Morgan fingerprint density at radius 3 is 2.58 bits per heavy atom. The van der Waals surface area contributed by atoms with Crippen molar-refractivity contribution in [2.24, 2.45) is 0 Å². The minimum Gasteiger partial charge on any atom is -0.489 e. The van der Waals surface area contributed by atoms with E-state index in [1.165, 1.54) is 0 Å². The molecule has 1 aromatic carbocycles. The minimum absolute atomic E-state index is 0.0142. The van der Waals surface area contributed by atoms with Crippen LogP contribution in [0.3, 0.4) is 0 Å². The number of amides is 1. The number of halogens is 2. The Hall–Kier alpha value is -1.74. The average Bonchev–Trinajstić information content (AvgIpc) is 2.52. The first kappa shape index (κ1) is 18.6. The van der Waals surface area contributed by atoms with Crippen LogP contribution in [0.5, 0.6) is 5.75 Å². The summed E-state index contributed by atoms with van der Waals surface area (Å²) in [5.41, 5.74) is 0. The monoisotopic (exact) mass is 362 g/mol. The van der Waals surface area contributed by atoms with Gasteiger partial charge in [0.1, 0.15) is 12.4 Å². The Balaban J connectivity index is 1.92. The van der Waals surface area contributed by atoms with Gasteiger partial charge in [0.25, 0.3) is 0 Å². The molecule has 1 amide bonds. The van der Waals surface area contributed by atoms with Gasteiger partial charge >= 0.3 is 0 Å². The molecule has 2 rings (SSSR count). The standard InChI is InChI=1S/C15H20F2N2O4S/c1-24(21,22)15(4-6-18-7-5-15)14(20)19-8-9-23-13-3-2-11(16)10-12(13)17/h2-3,10,18H,4-9H2,1H3,(H,19,20). The van der Waals surface area contributed by atoms with Crippen LogP contribution in [-0.2, 0) is 14.6 Å². The molecule has 1 saturated heterocycles. The van der Waals surface area contributed by atoms with Crippen LogP contribution in [0.4, 0.5) is 8.78 Å². The van der Waals surface area contributed by atoms with E-state index in [2.05, 4.69) is 10.6 Å². The Bertz CT molecular complexity index is 703. The summed E-state index contributed by atoms with van der Waals surface area (Å²) in [6, 6.07) is 2.91. The number of rotatable bonds is 6. The number of hydrogen-bond acceptors (Lipinski definition) is 5. The maximum atomic E-state index is 13.4. The zero-order chi connectivity index (χ0) is 17.8. The van der Waals surface area contributed by atoms with Crippen molar-refractivity contribution in [1.82, 2.24) is 10.6 Å². The third kappa shape index (κ3) is 4.02. The Morgan fingerprint density at radius 2 is 2.00 bits per heavy atom. The highest BCUT2D eigenvalue weighted by Crippen LogP contribution is 2.27. The van der Waals surface area contributed by atoms with Gasteiger partial charge in [0.05, 0.1) is 6.54 Å². The zero-order valence-electron chi connectivity index (χ0n) is 13.3. The summed E-state index contributed by atoms with van der Waals surface area (Å²) in [6.45, 7) is 0.836. The van der Waals surface area contributed by atoms with Crippen LogP contribution in [0.1, 0.15) is 12.8 Å². The predicted octanol–water partition coefficient (Wildman–Crippen LogP) is 0.627. The van der Waals surface area contributed by atoms with E-state index in [0.29, 0.717) is 19.2 Å². The highest BCUT2D eigenvalue weighted by molar-refractivity contribution is 7.92. The molecule has 24 heavy (non-hydrogen) atoms.